The first kappa shape index (κ1) is 28.2. The lowest BCUT2D eigenvalue weighted by Gasteiger charge is -2.21. The van der Waals surface area contributed by atoms with Crippen LogP contribution in [0, 0.1) is 0 Å². The van der Waals surface area contributed by atoms with Gasteiger partial charge >= 0.3 is 0 Å². The molecule has 0 radical (unpaired) electrons. The van der Waals surface area contributed by atoms with Crippen LogP contribution in [0.1, 0.15) is 0 Å². The molecule has 1 heteroatoms. The van der Waals surface area contributed by atoms with Crippen LogP contribution < -0.4 is 0 Å². The maximum absolute atomic E-state index is 6.71. The molecule has 0 aliphatic rings. The smallest absolute Gasteiger partial charge is 0.143 e. The Morgan fingerprint density at radius 1 is 0.294 bits per heavy atom. The molecule has 10 aromatic carbocycles. The predicted molar refractivity (Wildman–Crippen MR) is 218 cm³/mol. The highest BCUT2D eigenvalue weighted by Gasteiger charge is 2.22. The zero-order valence-corrected chi connectivity index (χ0v) is 27.7. The summed E-state index contributed by atoms with van der Waals surface area (Å²) in [5, 5.41) is 14.6. The molecule has 11 rings (SSSR count). The SMILES string of the molecule is c1ccc(-c2ccc3c(-c4cccc5oc6c7ccccc7ccc6c45)c4ccccc4c(-c4cc5ccccc5c5ccccc45)c3c2)cc1. The average Bonchev–Trinajstić information content (AvgIpc) is 3.60. The summed E-state index contributed by atoms with van der Waals surface area (Å²) >= 11 is 0. The van der Waals surface area contributed by atoms with Crippen LogP contribution in [0.25, 0.3) is 109 Å². The largest absolute Gasteiger partial charge is 0.455 e. The normalized spacial score (nSPS) is 11.9. The molecule has 51 heavy (non-hydrogen) atoms. The number of benzene rings is 10. The van der Waals surface area contributed by atoms with Gasteiger partial charge in [0.2, 0.25) is 0 Å². The number of furan rings is 1. The van der Waals surface area contributed by atoms with Crippen LogP contribution in [-0.2, 0) is 0 Å². The van der Waals surface area contributed by atoms with E-state index in [-0.39, 0.29) is 0 Å². The minimum absolute atomic E-state index is 0.904. The van der Waals surface area contributed by atoms with Crippen molar-refractivity contribution in [1.29, 1.82) is 0 Å². The maximum Gasteiger partial charge on any atom is 0.143 e. The van der Waals surface area contributed by atoms with Gasteiger partial charge in [-0.3, -0.25) is 0 Å². The van der Waals surface area contributed by atoms with Crippen molar-refractivity contribution < 1.29 is 4.42 Å². The first-order chi connectivity index (χ1) is 25.3. The Morgan fingerprint density at radius 3 is 1.71 bits per heavy atom. The second-order valence-corrected chi connectivity index (χ2v) is 13.6. The maximum atomic E-state index is 6.71. The summed E-state index contributed by atoms with van der Waals surface area (Å²) in [4.78, 5) is 0. The lowest BCUT2D eigenvalue weighted by atomic mass is 9.82. The van der Waals surface area contributed by atoms with Gasteiger partial charge in [0.25, 0.3) is 0 Å². The monoisotopic (exact) mass is 646 g/mol. The van der Waals surface area contributed by atoms with Gasteiger partial charge in [-0.15, -0.1) is 0 Å². The summed E-state index contributed by atoms with van der Waals surface area (Å²) in [5.74, 6) is 0. The van der Waals surface area contributed by atoms with Crippen LogP contribution in [0.4, 0.5) is 0 Å². The van der Waals surface area contributed by atoms with Crippen molar-refractivity contribution in [2.75, 3.05) is 0 Å². The van der Waals surface area contributed by atoms with E-state index in [2.05, 4.69) is 182 Å². The second-order valence-electron chi connectivity index (χ2n) is 13.6. The third kappa shape index (κ3) is 4.16. The van der Waals surface area contributed by atoms with Gasteiger partial charge in [-0.05, 0) is 106 Å². The lowest BCUT2D eigenvalue weighted by molar-refractivity contribution is 0.673. The van der Waals surface area contributed by atoms with Crippen molar-refractivity contribution >= 4 is 75.8 Å². The van der Waals surface area contributed by atoms with Crippen molar-refractivity contribution in [3.8, 4) is 33.4 Å². The van der Waals surface area contributed by atoms with Crippen LogP contribution in [0.2, 0.25) is 0 Å². The summed E-state index contributed by atoms with van der Waals surface area (Å²) in [6, 6.07) is 66.3. The molecule has 0 saturated heterocycles. The number of hydrogen-bond donors (Lipinski definition) is 0. The van der Waals surface area contributed by atoms with Crippen molar-refractivity contribution in [1.82, 2.24) is 0 Å². The van der Waals surface area contributed by atoms with Crippen LogP contribution in [0.5, 0.6) is 0 Å². The zero-order chi connectivity index (χ0) is 33.5. The molecule has 0 aliphatic carbocycles. The highest BCUT2D eigenvalue weighted by Crippen LogP contribution is 2.49. The van der Waals surface area contributed by atoms with Gasteiger partial charge in [-0.2, -0.15) is 0 Å². The Labute approximate surface area is 294 Å². The van der Waals surface area contributed by atoms with Gasteiger partial charge in [0, 0.05) is 16.2 Å². The number of fused-ring (bicyclic) bond motifs is 10. The molecule has 0 N–H and O–H groups in total. The first-order valence-corrected chi connectivity index (χ1v) is 17.6. The van der Waals surface area contributed by atoms with E-state index in [1.807, 2.05) is 0 Å². The molecule has 0 atom stereocenters. The van der Waals surface area contributed by atoms with E-state index in [0.29, 0.717) is 0 Å². The summed E-state index contributed by atoms with van der Waals surface area (Å²) < 4.78 is 6.71. The van der Waals surface area contributed by atoms with Crippen LogP contribution in [0.3, 0.4) is 0 Å². The van der Waals surface area contributed by atoms with E-state index in [1.165, 1.54) is 81.9 Å². The van der Waals surface area contributed by atoms with Gasteiger partial charge in [0.1, 0.15) is 11.2 Å². The summed E-state index contributed by atoms with van der Waals surface area (Å²) in [7, 11) is 0. The Hall–Kier alpha value is -6.70. The molecule has 0 saturated carbocycles. The Kier molecular flexibility index (Phi) is 6.02. The summed E-state index contributed by atoms with van der Waals surface area (Å²) in [5.41, 5.74) is 9.18. The first-order valence-electron chi connectivity index (χ1n) is 17.6. The number of rotatable bonds is 3. The van der Waals surface area contributed by atoms with Crippen LogP contribution >= 0.6 is 0 Å². The third-order valence-corrected chi connectivity index (χ3v) is 10.8. The van der Waals surface area contributed by atoms with Crippen molar-refractivity contribution in [3.63, 3.8) is 0 Å². The molecule has 0 fully saturated rings. The quantitative estimate of drug-likeness (QED) is 0.138. The number of hydrogen-bond acceptors (Lipinski definition) is 1. The second kappa shape index (κ2) is 10.9. The van der Waals surface area contributed by atoms with E-state index >= 15 is 0 Å². The highest BCUT2D eigenvalue weighted by atomic mass is 16.3. The van der Waals surface area contributed by atoms with E-state index in [4.69, 9.17) is 4.42 Å². The van der Waals surface area contributed by atoms with Crippen LogP contribution in [0.15, 0.2) is 186 Å². The molecule has 1 aromatic heterocycles. The third-order valence-electron chi connectivity index (χ3n) is 10.8. The fraction of sp³-hybridized carbons (Fsp3) is 0. The van der Waals surface area contributed by atoms with Gasteiger partial charge in [0.15, 0.2) is 0 Å². The zero-order valence-electron chi connectivity index (χ0n) is 27.7. The minimum atomic E-state index is 0.904. The van der Waals surface area contributed by atoms with E-state index < -0.39 is 0 Å². The molecule has 0 aliphatic heterocycles. The van der Waals surface area contributed by atoms with E-state index in [9.17, 15) is 0 Å². The van der Waals surface area contributed by atoms with Gasteiger partial charge in [-0.25, -0.2) is 0 Å². The average molecular weight is 647 g/mol. The lowest BCUT2D eigenvalue weighted by Crippen LogP contribution is -1.93. The van der Waals surface area contributed by atoms with Crippen molar-refractivity contribution in [2.45, 2.75) is 0 Å². The topological polar surface area (TPSA) is 13.1 Å². The van der Waals surface area contributed by atoms with E-state index in [1.54, 1.807) is 0 Å². The summed E-state index contributed by atoms with van der Waals surface area (Å²) in [6.45, 7) is 0. The highest BCUT2D eigenvalue weighted by molar-refractivity contribution is 6.29. The minimum Gasteiger partial charge on any atom is -0.455 e. The molecule has 236 valence electrons. The summed E-state index contributed by atoms with van der Waals surface area (Å²) in [6.07, 6.45) is 0. The fourth-order valence-electron chi connectivity index (χ4n) is 8.59. The molecule has 0 unspecified atom stereocenters. The standard InChI is InChI=1S/C50H30O/c1-2-13-31(14-3-1)33-26-27-41-45(29-33)48(44-30-34-16-5-6-17-35(34)37-19-8-9-20-38(37)44)40-22-11-10-21-39(40)47(41)42-23-12-24-46-49(42)43-28-25-32-15-4-7-18-36(32)50(43)51-46/h1-30H. The molecule has 11 aromatic rings. The van der Waals surface area contributed by atoms with Gasteiger partial charge in [-0.1, -0.05) is 158 Å². The molecular formula is C50H30O. The Bertz CT molecular complexity index is 3180. The molecule has 1 nitrogen and oxygen atoms in total. The van der Waals surface area contributed by atoms with E-state index in [0.717, 1.165) is 27.3 Å². The van der Waals surface area contributed by atoms with Crippen molar-refractivity contribution in [3.05, 3.63) is 182 Å². The molecule has 0 bridgehead atoms. The van der Waals surface area contributed by atoms with Crippen molar-refractivity contribution in [2.24, 2.45) is 0 Å². The van der Waals surface area contributed by atoms with Gasteiger partial charge in [0.05, 0.1) is 0 Å². The molecular weight excluding hydrogens is 617 g/mol. The van der Waals surface area contributed by atoms with Gasteiger partial charge < -0.3 is 4.42 Å². The molecule has 0 amide bonds. The Morgan fingerprint density at radius 2 is 0.902 bits per heavy atom. The molecule has 0 spiro atoms. The molecule has 1 heterocycles. The fourth-order valence-corrected chi connectivity index (χ4v) is 8.59. The Balaban J connectivity index is 1.33. The predicted octanol–water partition coefficient (Wildman–Crippen LogP) is 14.4. The van der Waals surface area contributed by atoms with Crippen LogP contribution in [-0.4, -0.2) is 0 Å².